The number of hydrogen-bond donors (Lipinski definition) is 1. The van der Waals surface area contributed by atoms with Crippen LogP contribution in [0, 0.1) is 5.92 Å². The van der Waals surface area contributed by atoms with Crippen molar-refractivity contribution in [2.45, 2.75) is 43.5 Å². The van der Waals surface area contributed by atoms with E-state index in [0.29, 0.717) is 23.7 Å². The van der Waals surface area contributed by atoms with Gasteiger partial charge in [0, 0.05) is 29.8 Å². The van der Waals surface area contributed by atoms with Crippen molar-refractivity contribution in [2.24, 2.45) is 5.92 Å². The van der Waals surface area contributed by atoms with Crippen LogP contribution in [0.5, 0.6) is 17.2 Å². The van der Waals surface area contributed by atoms with Gasteiger partial charge in [-0.3, -0.25) is 9.52 Å². The van der Waals surface area contributed by atoms with Crippen molar-refractivity contribution in [1.82, 2.24) is 0 Å². The van der Waals surface area contributed by atoms with Crippen molar-refractivity contribution in [1.29, 1.82) is 0 Å². The average Bonchev–Trinajstić information content (AvgIpc) is 3.06. The standard InChI is InChI=1S/C23H28N2O6S/c1-14-10-16-11-18(8-9-19(16)25(14)23(26)15-6-5-7-15)32(27,28)24-17-12-20(29-2)22(31-4)21(13-17)30-3/h8-9,11-15,24H,5-7,10H2,1-4H3/t14-/m0/s1. The Balaban J connectivity index is 1.62. The van der Waals surface area contributed by atoms with E-state index in [-0.39, 0.29) is 28.4 Å². The molecule has 1 atom stereocenters. The molecule has 1 saturated carbocycles. The molecule has 0 spiro atoms. The smallest absolute Gasteiger partial charge is 0.261 e. The van der Waals surface area contributed by atoms with Gasteiger partial charge >= 0.3 is 0 Å². The fraction of sp³-hybridized carbons (Fsp3) is 0.435. The van der Waals surface area contributed by atoms with E-state index in [1.54, 1.807) is 12.1 Å². The van der Waals surface area contributed by atoms with Gasteiger partial charge in [-0.25, -0.2) is 8.42 Å². The van der Waals surface area contributed by atoms with Crippen molar-refractivity contribution < 1.29 is 27.4 Å². The predicted octanol–water partition coefficient (Wildman–Crippen LogP) is 3.59. The molecule has 32 heavy (non-hydrogen) atoms. The highest BCUT2D eigenvalue weighted by Crippen LogP contribution is 2.41. The topological polar surface area (TPSA) is 94.2 Å². The highest BCUT2D eigenvalue weighted by atomic mass is 32.2. The second kappa shape index (κ2) is 8.54. The van der Waals surface area contributed by atoms with E-state index < -0.39 is 10.0 Å². The Bertz CT molecular complexity index is 1120. The van der Waals surface area contributed by atoms with Crippen molar-refractivity contribution in [3.05, 3.63) is 35.9 Å². The maximum atomic E-state index is 13.1. The van der Waals surface area contributed by atoms with Gasteiger partial charge in [-0.05, 0) is 49.9 Å². The Morgan fingerprint density at radius 3 is 2.22 bits per heavy atom. The van der Waals surface area contributed by atoms with Gasteiger partial charge in [-0.2, -0.15) is 0 Å². The Labute approximate surface area is 188 Å². The summed E-state index contributed by atoms with van der Waals surface area (Å²) < 4.78 is 44.7. The minimum atomic E-state index is -3.87. The molecule has 9 heteroatoms. The molecule has 0 aromatic heterocycles. The monoisotopic (exact) mass is 460 g/mol. The molecular formula is C23H28N2O6S. The maximum absolute atomic E-state index is 13.1. The molecule has 0 saturated heterocycles. The molecule has 4 rings (SSSR count). The second-order valence-electron chi connectivity index (χ2n) is 8.20. The third kappa shape index (κ3) is 3.85. The Hall–Kier alpha value is -2.94. The number of hydrogen-bond acceptors (Lipinski definition) is 6. The molecule has 0 bridgehead atoms. The number of benzene rings is 2. The fourth-order valence-corrected chi connectivity index (χ4v) is 5.41. The molecule has 1 aliphatic carbocycles. The van der Waals surface area contributed by atoms with Gasteiger partial charge < -0.3 is 19.1 Å². The van der Waals surface area contributed by atoms with E-state index in [1.165, 1.54) is 39.5 Å². The number of rotatable bonds is 7. The van der Waals surface area contributed by atoms with Crippen LogP contribution >= 0.6 is 0 Å². The van der Waals surface area contributed by atoms with Crippen LogP contribution in [0.15, 0.2) is 35.2 Å². The SMILES string of the molecule is COc1cc(NS(=O)(=O)c2ccc3c(c2)C[C@H](C)N3C(=O)C2CCC2)cc(OC)c1OC. The number of carbonyl (C=O) groups is 1. The summed E-state index contributed by atoms with van der Waals surface area (Å²) in [6.07, 6.45) is 3.59. The first-order valence-corrected chi connectivity index (χ1v) is 12.1. The molecular weight excluding hydrogens is 432 g/mol. The number of nitrogens with one attached hydrogen (secondary N) is 1. The first-order valence-electron chi connectivity index (χ1n) is 10.6. The minimum Gasteiger partial charge on any atom is -0.493 e. The molecule has 0 radical (unpaired) electrons. The predicted molar refractivity (Wildman–Crippen MR) is 121 cm³/mol. The molecule has 1 aliphatic heterocycles. The number of anilines is 2. The molecule has 1 amide bonds. The highest BCUT2D eigenvalue weighted by molar-refractivity contribution is 7.92. The summed E-state index contributed by atoms with van der Waals surface area (Å²) >= 11 is 0. The van der Waals surface area contributed by atoms with Crippen LogP contribution in [-0.4, -0.2) is 41.7 Å². The van der Waals surface area contributed by atoms with Crippen molar-refractivity contribution in [3.63, 3.8) is 0 Å². The van der Waals surface area contributed by atoms with Crippen LogP contribution in [0.4, 0.5) is 11.4 Å². The molecule has 1 fully saturated rings. The van der Waals surface area contributed by atoms with Crippen LogP contribution in [0.25, 0.3) is 0 Å². The van der Waals surface area contributed by atoms with Gasteiger partial charge in [0.15, 0.2) is 11.5 Å². The van der Waals surface area contributed by atoms with Crippen LogP contribution in [0.1, 0.15) is 31.7 Å². The first-order chi connectivity index (χ1) is 15.3. The Morgan fingerprint density at radius 2 is 1.69 bits per heavy atom. The highest BCUT2D eigenvalue weighted by Gasteiger charge is 2.37. The molecule has 2 aliphatic rings. The zero-order valence-electron chi connectivity index (χ0n) is 18.7. The first kappa shape index (κ1) is 22.3. The van der Waals surface area contributed by atoms with Crippen LogP contribution < -0.4 is 23.8 Å². The van der Waals surface area contributed by atoms with Gasteiger partial charge in [0.25, 0.3) is 10.0 Å². The lowest BCUT2D eigenvalue weighted by Gasteiger charge is -2.32. The maximum Gasteiger partial charge on any atom is 0.261 e. The van der Waals surface area contributed by atoms with Gasteiger partial charge in [-0.15, -0.1) is 0 Å². The molecule has 172 valence electrons. The molecule has 1 heterocycles. The fourth-order valence-electron chi connectivity index (χ4n) is 4.32. The van der Waals surface area contributed by atoms with E-state index in [1.807, 2.05) is 11.8 Å². The third-order valence-electron chi connectivity index (χ3n) is 6.19. The summed E-state index contributed by atoms with van der Waals surface area (Å²) in [5, 5.41) is 0. The van der Waals surface area contributed by atoms with Gasteiger partial charge in [0.2, 0.25) is 11.7 Å². The third-order valence-corrected chi connectivity index (χ3v) is 7.56. The lowest BCUT2D eigenvalue weighted by atomic mass is 9.84. The summed E-state index contributed by atoms with van der Waals surface area (Å²) in [5.41, 5.74) is 1.95. The van der Waals surface area contributed by atoms with E-state index in [2.05, 4.69) is 4.72 Å². The molecule has 1 N–H and O–H groups in total. The second-order valence-corrected chi connectivity index (χ2v) is 9.88. The summed E-state index contributed by atoms with van der Waals surface area (Å²) in [6, 6.07) is 8.01. The normalized spacial score (nSPS) is 18.0. The van der Waals surface area contributed by atoms with Crippen LogP contribution in [0.2, 0.25) is 0 Å². The van der Waals surface area contributed by atoms with E-state index in [0.717, 1.165) is 30.5 Å². The largest absolute Gasteiger partial charge is 0.493 e. The summed E-state index contributed by atoms with van der Waals surface area (Å²) in [6.45, 7) is 2.00. The van der Waals surface area contributed by atoms with Crippen molar-refractivity contribution in [3.8, 4) is 17.2 Å². The van der Waals surface area contributed by atoms with Gasteiger partial charge in [-0.1, -0.05) is 6.42 Å². The zero-order valence-corrected chi connectivity index (χ0v) is 19.5. The summed E-state index contributed by atoms with van der Waals surface area (Å²) in [7, 11) is 0.538. The number of fused-ring (bicyclic) bond motifs is 1. The number of ether oxygens (including phenoxy) is 3. The molecule has 0 unspecified atom stereocenters. The molecule has 2 aromatic rings. The number of methoxy groups -OCH3 is 3. The van der Waals surface area contributed by atoms with Gasteiger partial charge in [0.1, 0.15) is 0 Å². The van der Waals surface area contributed by atoms with Crippen molar-refractivity contribution >= 4 is 27.3 Å². The number of carbonyl (C=O) groups excluding carboxylic acids is 1. The Morgan fingerprint density at radius 1 is 1.03 bits per heavy atom. The molecule has 2 aromatic carbocycles. The minimum absolute atomic E-state index is 0.0131. The lowest BCUT2D eigenvalue weighted by molar-refractivity contribution is -0.125. The summed E-state index contributed by atoms with van der Waals surface area (Å²) in [4.78, 5) is 14.8. The molecule has 8 nitrogen and oxygen atoms in total. The van der Waals surface area contributed by atoms with E-state index >= 15 is 0 Å². The van der Waals surface area contributed by atoms with E-state index in [4.69, 9.17) is 14.2 Å². The number of sulfonamides is 1. The zero-order chi connectivity index (χ0) is 23.0. The average molecular weight is 461 g/mol. The quantitative estimate of drug-likeness (QED) is 0.679. The summed E-state index contributed by atoms with van der Waals surface area (Å²) in [5.74, 6) is 1.30. The number of nitrogens with zero attached hydrogens (tertiary/aromatic N) is 1. The lowest BCUT2D eigenvalue weighted by Crippen LogP contribution is -2.42. The van der Waals surface area contributed by atoms with Crippen LogP contribution in [-0.2, 0) is 21.2 Å². The number of amides is 1. The Kier molecular flexibility index (Phi) is 5.94. The van der Waals surface area contributed by atoms with E-state index in [9.17, 15) is 13.2 Å². The van der Waals surface area contributed by atoms with Crippen LogP contribution in [0.3, 0.4) is 0 Å². The van der Waals surface area contributed by atoms with Gasteiger partial charge in [0.05, 0.1) is 31.9 Å². The van der Waals surface area contributed by atoms with Crippen molar-refractivity contribution in [2.75, 3.05) is 31.0 Å².